The predicted molar refractivity (Wildman–Crippen MR) is 74.5 cm³/mol. The van der Waals surface area contributed by atoms with Crippen molar-refractivity contribution in [1.82, 2.24) is 9.97 Å². The first kappa shape index (κ1) is 12.5. The van der Waals surface area contributed by atoms with Gasteiger partial charge in [-0.2, -0.15) is 4.57 Å². The monoisotopic (exact) mass is 285 g/mol. The average Bonchev–Trinajstić information content (AvgIpc) is 2.51. The van der Waals surface area contributed by atoms with Crippen molar-refractivity contribution in [3.63, 3.8) is 0 Å². The van der Waals surface area contributed by atoms with E-state index in [0.717, 1.165) is 0 Å². The van der Waals surface area contributed by atoms with Crippen LogP contribution in [0.3, 0.4) is 0 Å². The second kappa shape index (κ2) is 5.22. The van der Waals surface area contributed by atoms with Gasteiger partial charge in [0.2, 0.25) is 5.82 Å². The lowest BCUT2D eigenvalue weighted by atomic mass is 10.4. The molecule has 20 heavy (non-hydrogen) atoms. The molecule has 6 heteroatoms. The molecule has 2 N–H and O–H groups in total. The summed E-state index contributed by atoms with van der Waals surface area (Å²) in [6.45, 7) is 0. The maximum Gasteiger partial charge on any atom is 0.479 e. The van der Waals surface area contributed by atoms with Crippen molar-refractivity contribution in [1.29, 1.82) is 0 Å². The van der Waals surface area contributed by atoms with Gasteiger partial charge in [-0.05, 0) is 29.2 Å². The van der Waals surface area contributed by atoms with Crippen LogP contribution in [-0.2, 0) is 0 Å². The van der Waals surface area contributed by atoms with Gasteiger partial charge in [0.15, 0.2) is 5.02 Å². The molecule has 0 aromatic carbocycles. The van der Waals surface area contributed by atoms with E-state index in [1.807, 2.05) is 61.2 Å². The van der Waals surface area contributed by atoms with E-state index in [0.29, 0.717) is 16.8 Å². The second-order valence-corrected chi connectivity index (χ2v) is 4.49. The molecule has 0 saturated heterocycles. The molecule has 3 aromatic heterocycles. The van der Waals surface area contributed by atoms with Gasteiger partial charge >= 0.3 is 11.8 Å². The molecule has 0 amide bonds. The van der Waals surface area contributed by atoms with E-state index in [-0.39, 0.29) is 5.82 Å². The molecule has 3 aromatic rings. The number of rotatable bonds is 2. The van der Waals surface area contributed by atoms with Crippen molar-refractivity contribution >= 4 is 17.4 Å². The Bertz CT molecular complexity index is 731. The number of pyridine rings is 2. The number of nitrogens with zero attached hydrogens (tertiary/aromatic N) is 4. The highest BCUT2D eigenvalue weighted by atomic mass is 35.5. The number of nitrogen functional groups attached to an aromatic ring is 1. The third kappa shape index (κ3) is 2.31. The molecule has 0 aliphatic carbocycles. The van der Waals surface area contributed by atoms with Crippen LogP contribution in [0.25, 0.3) is 11.8 Å². The third-order valence-electron chi connectivity index (χ3n) is 2.75. The summed E-state index contributed by atoms with van der Waals surface area (Å²) in [6, 6.07) is 11.4. The van der Waals surface area contributed by atoms with Crippen LogP contribution in [0.15, 0.2) is 61.2 Å². The molecule has 5 nitrogen and oxygen atoms in total. The number of hydrogen-bond donors (Lipinski definition) is 1. The number of nitrogens with two attached hydrogens (primary N) is 1. The van der Waals surface area contributed by atoms with Gasteiger partial charge in [0.05, 0.1) is 24.8 Å². The zero-order chi connectivity index (χ0) is 13.9. The topological polar surface area (TPSA) is 59.6 Å². The van der Waals surface area contributed by atoms with E-state index in [1.165, 1.54) is 0 Å². The minimum atomic E-state index is 0.249. The van der Waals surface area contributed by atoms with Gasteiger partial charge in [0.25, 0.3) is 0 Å². The summed E-state index contributed by atoms with van der Waals surface area (Å²) in [5.74, 6) is 1.27. The Morgan fingerprint density at radius 3 is 1.95 bits per heavy atom. The van der Waals surface area contributed by atoms with Crippen LogP contribution in [0.4, 0.5) is 5.82 Å². The van der Waals surface area contributed by atoms with Gasteiger partial charge in [0.1, 0.15) is 0 Å². The summed E-state index contributed by atoms with van der Waals surface area (Å²) < 4.78 is 3.58. The highest BCUT2D eigenvalue weighted by Gasteiger charge is 2.25. The molecule has 0 radical (unpaired) electrons. The highest BCUT2D eigenvalue weighted by Crippen LogP contribution is 2.19. The van der Waals surface area contributed by atoms with E-state index in [2.05, 4.69) is 9.97 Å². The zero-order valence-corrected chi connectivity index (χ0v) is 11.3. The normalized spacial score (nSPS) is 10.4. The molecule has 0 saturated carbocycles. The molecule has 0 unspecified atom stereocenters. The summed E-state index contributed by atoms with van der Waals surface area (Å²) in [4.78, 5) is 8.69. The van der Waals surface area contributed by atoms with Crippen LogP contribution in [-0.4, -0.2) is 9.97 Å². The maximum atomic E-state index is 6.21. The second-order valence-electron chi connectivity index (χ2n) is 4.11. The molecule has 3 heterocycles. The number of aromatic nitrogens is 4. The molecule has 0 bridgehead atoms. The van der Waals surface area contributed by atoms with Crippen LogP contribution in [0.2, 0.25) is 5.02 Å². The Morgan fingerprint density at radius 1 is 0.800 bits per heavy atom. The Balaban J connectivity index is 2.19. The van der Waals surface area contributed by atoms with E-state index in [9.17, 15) is 0 Å². The first-order valence-corrected chi connectivity index (χ1v) is 6.40. The largest absolute Gasteiger partial charge is 0.479 e. The third-order valence-corrected chi connectivity index (χ3v) is 3.12. The van der Waals surface area contributed by atoms with Crippen molar-refractivity contribution in [3.05, 3.63) is 66.2 Å². The summed E-state index contributed by atoms with van der Waals surface area (Å²) in [5.41, 5.74) is 5.89. The summed E-state index contributed by atoms with van der Waals surface area (Å²) >= 11 is 6.21. The molecule has 0 aliphatic rings. The first-order valence-electron chi connectivity index (χ1n) is 6.02. The van der Waals surface area contributed by atoms with E-state index in [4.69, 9.17) is 17.3 Å². The summed E-state index contributed by atoms with van der Waals surface area (Å²) in [7, 11) is 0. The minimum absolute atomic E-state index is 0.249. The van der Waals surface area contributed by atoms with Crippen LogP contribution in [0.1, 0.15) is 0 Å². The fourth-order valence-corrected chi connectivity index (χ4v) is 1.98. The number of anilines is 1. The van der Waals surface area contributed by atoms with Crippen LogP contribution >= 0.6 is 11.6 Å². The quantitative estimate of drug-likeness (QED) is 0.721. The Kier molecular flexibility index (Phi) is 3.26. The Morgan fingerprint density at radius 2 is 1.35 bits per heavy atom. The van der Waals surface area contributed by atoms with E-state index < -0.39 is 0 Å². The Labute approximate surface area is 120 Å². The van der Waals surface area contributed by atoms with E-state index >= 15 is 0 Å². The van der Waals surface area contributed by atoms with E-state index in [1.54, 1.807) is 9.13 Å². The lowest BCUT2D eigenvalue weighted by Gasteiger charge is -1.99. The first-order chi connectivity index (χ1) is 9.75. The summed E-state index contributed by atoms with van der Waals surface area (Å²) in [5, 5.41) is 0.335. The predicted octanol–water partition coefficient (Wildman–Crippen LogP) is 1.27. The van der Waals surface area contributed by atoms with Crippen LogP contribution < -0.4 is 14.9 Å². The number of halogens is 1. The standard InChI is InChI=1S/C14H12ClN5/c15-11-12(16)17-14(20-9-5-2-6-10-20)18-13(11)19-7-3-1-4-8-19/h1-10H,(H2,16,17,18)/q+2. The molecule has 98 valence electrons. The Hall–Kier alpha value is -2.53. The highest BCUT2D eigenvalue weighted by molar-refractivity contribution is 6.34. The van der Waals surface area contributed by atoms with Crippen LogP contribution in [0, 0.1) is 0 Å². The lowest BCUT2D eigenvalue weighted by molar-refractivity contribution is -0.614. The molecule has 0 aliphatic heterocycles. The fraction of sp³-hybridized carbons (Fsp3) is 0. The molecule has 3 rings (SSSR count). The van der Waals surface area contributed by atoms with Gasteiger partial charge in [-0.1, -0.05) is 23.7 Å². The van der Waals surface area contributed by atoms with Gasteiger partial charge in [-0.25, -0.2) is 4.57 Å². The van der Waals surface area contributed by atoms with Crippen molar-refractivity contribution in [2.45, 2.75) is 0 Å². The SMILES string of the molecule is Nc1nc(-[n+]2ccccc2)nc(-[n+]2ccccc2)c1Cl. The van der Waals surface area contributed by atoms with Crippen molar-refractivity contribution in [2.75, 3.05) is 5.73 Å². The van der Waals surface area contributed by atoms with Crippen LogP contribution in [0.5, 0.6) is 0 Å². The smallest absolute Gasteiger partial charge is 0.368 e. The fourth-order valence-electron chi connectivity index (χ4n) is 1.80. The average molecular weight is 286 g/mol. The van der Waals surface area contributed by atoms with Gasteiger partial charge in [-0.3, -0.25) is 0 Å². The van der Waals surface area contributed by atoms with Gasteiger partial charge in [0, 0.05) is 4.98 Å². The van der Waals surface area contributed by atoms with Crippen molar-refractivity contribution in [3.8, 4) is 11.8 Å². The van der Waals surface area contributed by atoms with Gasteiger partial charge in [-0.15, -0.1) is 0 Å². The molecule has 0 spiro atoms. The molecule has 0 fully saturated rings. The number of hydrogen-bond acceptors (Lipinski definition) is 3. The van der Waals surface area contributed by atoms with Crippen molar-refractivity contribution in [2.24, 2.45) is 0 Å². The molecule has 0 atom stereocenters. The molecular weight excluding hydrogens is 274 g/mol. The minimum Gasteiger partial charge on any atom is -0.368 e. The molecular formula is C14H12ClN5+2. The van der Waals surface area contributed by atoms with Gasteiger partial charge < -0.3 is 5.73 Å². The maximum absolute atomic E-state index is 6.21. The lowest BCUT2D eigenvalue weighted by Crippen LogP contribution is -2.37. The zero-order valence-electron chi connectivity index (χ0n) is 10.5. The summed E-state index contributed by atoms with van der Waals surface area (Å²) in [6.07, 6.45) is 7.41. The van der Waals surface area contributed by atoms with Crippen molar-refractivity contribution < 1.29 is 9.13 Å².